The minimum absolute atomic E-state index is 0.0362. The van der Waals surface area contributed by atoms with Crippen molar-refractivity contribution in [1.82, 2.24) is 10.2 Å². The summed E-state index contributed by atoms with van der Waals surface area (Å²) in [6.07, 6.45) is 6.07. The molecule has 2 atom stereocenters. The molecule has 0 spiro atoms. The van der Waals surface area contributed by atoms with Crippen molar-refractivity contribution >= 4 is 0 Å². The molecule has 0 bridgehead atoms. The van der Waals surface area contributed by atoms with Gasteiger partial charge in [0.25, 0.3) is 0 Å². The fourth-order valence-electron chi connectivity index (χ4n) is 2.32. The first kappa shape index (κ1) is 13.5. The van der Waals surface area contributed by atoms with Gasteiger partial charge >= 0.3 is 0 Å². The molecule has 1 heterocycles. The molecule has 1 aliphatic rings. The van der Waals surface area contributed by atoms with E-state index in [-0.39, 0.29) is 6.04 Å². The third kappa shape index (κ3) is 4.51. The first-order valence-electron chi connectivity index (χ1n) is 6.65. The van der Waals surface area contributed by atoms with Crippen molar-refractivity contribution in [2.75, 3.05) is 19.6 Å². The Hall–Kier alpha value is -0.590. The smallest absolute Gasteiger partial charge is 0.0965 e. The van der Waals surface area contributed by atoms with Gasteiger partial charge in [-0.05, 0) is 45.7 Å². The summed E-state index contributed by atoms with van der Waals surface area (Å²) in [6.45, 7) is 7.67. The molecule has 92 valence electrons. The van der Waals surface area contributed by atoms with Gasteiger partial charge in [0, 0.05) is 12.6 Å². The van der Waals surface area contributed by atoms with Crippen molar-refractivity contribution in [3.05, 3.63) is 0 Å². The molecular formula is C13H25N3. The fourth-order valence-corrected chi connectivity index (χ4v) is 2.32. The summed E-state index contributed by atoms with van der Waals surface area (Å²) in [5.74, 6) is 0. The number of rotatable bonds is 6. The van der Waals surface area contributed by atoms with Crippen molar-refractivity contribution < 1.29 is 0 Å². The molecule has 0 saturated carbocycles. The highest BCUT2D eigenvalue weighted by atomic mass is 15.2. The van der Waals surface area contributed by atoms with Crippen LogP contribution in [-0.2, 0) is 0 Å². The average molecular weight is 223 g/mol. The summed E-state index contributed by atoms with van der Waals surface area (Å²) < 4.78 is 0. The molecule has 1 rings (SSSR count). The van der Waals surface area contributed by atoms with E-state index in [4.69, 9.17) is 5.26 Å². The largest absolute Gasteiger partial charge is 0.302 e. The molecule has 1 saturated heterocycles. The van der Waals surface area contributed by atoms with Gasteiger partial charge in [0.1, 0.15) is 0 Å². The Morgan fingerprint density at radius 1 is 1.50 bits per heavy atom. The Kier molecular flexibility index (Phi) is 6.44. The monoisotopic (exact) mass is 223 g/mol. The first-order chi connectivity index (χ1) is 7.77. The summed E-state index contributed by atoms with van der Waals surface area (Å²) in [5.41, 5.74) is 0. The lowest BCUT2D eigenvalue weighted by molar-refractivity contribution is 0.156. The van der Waals surface area contributed by atoms with Crippen LogP contribution in [0.1, 0.15) is 46.0 Å². The zero-order valence-electron chi connectivity index (χ0n) is 10.7. The van der Waals surface area contributed by atoms with E-state index in [1.54, 1.807) is 0 Å². The van der Waals surface area contributed by atoms with Crippen LogP contribution in [0.3, 0.4) is 0 Å². The Morgan fingerprint density at radius 2 is 2.31 bits per heavy atom. The summed E-state index contributed by atoms with van der Waals surface area (Å²) in [6, 6.07) is 3.10. The van der Waals surface area contributed by atoms with E-state index < -0.39 is 0 Å². The minimum atomic E-state index is 0.0362. The van der Waals surface area contributed by atoms with Gasteiger partial charge in [0.15, 0.2) is 0 Å². The fraction of sp³-hybridized carbons (Fsp3) is 0.923. The van der Waals surface area contributed by atoms with Crippen molar-refractivity contribution in [2.24, 2.45) is 0 Å². The van der Waals surface area contributed by atoms with Gasteiger partial charge in [-0.3, -0.25) is 0 Å². The minimum Gasteiger partial charge on any atom is -0.302 e. The molecular weight excluding hydrogens is 198 g/mol. The number of hydrogen-bond donors (Lipinski definition) is 1. The summed E-state index contributed by atoms with van der Waals surface area (Å²) in [7, 11) is 0. The van der Waals surface area contributed by atoms with Crippen molar-refractivity contribution in [3.8, 4) is 6.07 Å². The lowest BCUT2D eigenvalue weighted by atomic mass is 10.0. The molecule has 2 unspecified atom stereocenters. The molecule has 0 radical (unpaired) electrons. The highest BCUT2D eigenvalue weighted by Gasteiger charge is 2.18. The van der Waals surface area contributed by atoms with Crippen LogP contribution in [0.2, 0.25) is 0 Å². The zero-order chi connectivity index (χ0) is 11.8. The van der Waals surface area contributed by atoms with Crippen LogP contribution in [0, 0.1) is 11.3 Å². The van der Waals surface area contributed by atoms with Gasteiger partial charge in [-0.1, -0.05) is 13.3 Å². The van der Waals surface area contributed by atoms with E-state index in [0.29, 0.717) is 6.04 Å². The van der Waals surface area contributed by atoms with E-state index in [0.717, 1.165) is 25.9 Å². The molecule has 3 heteroatoms. The summed E-state index contributed by atoms with van der Waals surface area (Å²) in [4.78, 5) is 2.53. The Balaban J connectivity index is 2.23. The molecule has 1 N–H and O–H groups in total. The molecule has 0 aromatic rings. The van der Waals surface area contributed by atoms with Crippen LogP contribution in [0.4, 0.5) is 0 Å². The van der Waals surface area contributed by atoms with E-state index in [1.807, 2.05) is 0 Å². The lowest BCUT2D eigenvalue weighted by Gasteiger charge is -2.33. The number of hydrogen-bond acceptors (Lipinski definition) is 3. The van der Waals surface area contributed by atoms with Crippen LogP contribution in [-0.4, -0.2) is 36.6 Å². The number of nitriles is 1. The SMILES string of the molecule is CCCNC(C#N)CCN1CCCCC1C. The standard InChI is InChI=1S/C13H25N3/c1-3-8-15-13(11-14)7-10-16-9-5-4-6-12(16)2/h12-13,15H,3-10H2,1-2H3. The van der Waals surface area contributed by atoms with E-state index in [1.165, 1.54) is 25.8 Å². The maximum atomic E-state index is 9.02. The lowest BCUT2D eigenvalue weighted by Crippen LogP contribution is -2.40. The van der Waals surface area contributed by atoms with Gasteiger partial charge in [0.2, 0.25) is 0 Å². The molecule has 0 aromatic carbocycles. The van der Waals surface area contributed by atoms with Gasteiger partial charge in [-0.2, -0.15) is 5.26 Å². The third-order valence-electron chi connectivity index (χ3n) is 3.44. The van der Waals surface area contributed by atoms with E-state index in [2.05, 4.69) is 30.1 Å². The predicted molar refractivity (Wildman–Crippen MR) is 67.2 cm³/mol. The van der Waals surface area contributed by atoms with Crippen LogP contribution >= 0.6 is 0 Å². The first-order valence-corrected chi connectivity index (χ1v) is 6.65. The Bertz CT molecular complexity index is 222. The molecule has 0 aromatic heterocycles. The van der Waals surface area contributed by atoms with Crippen molar-refractivity contribution in [3.63, 3.8) is 0 Å². The Morgan fingerprint density at radius 3 is 2.94 bits per heavy atom. The highest BCUT2D eigenvalue weighted by molar-refractivity contribution is 4.90. The second-order valence-corrected chi connectivity index (χ2v) is 4.81. The van der Waals surface area contributed by atoms with Crippen molar-refractivity contribution in [2.45, 2.75) is 58.0 Å². The maximum absolute atomic E-state index is 9.02. The third-order valence-corrected chi connectivity index (χ3v) is 3.44. The van der Waals surface area contributed by atoms with Gasteiger partial charge < -0.3 is 10.2 Å². The quantitative estimate of drug-likeness (QED) is 0.750. The van der Waals surface area contributed by atoms with E-state index >= 15 is 0 Å². The number of nitrogens with zero attached hydrogens (tertiary/aromatic N) is 2. The predicted octanol–water partition coefficient (Wildman–Crippen LogP) is 2.14. The van der Waals surface area contributed by atoms with Crippen LogP contribution < -0.4 is 5.32 Å². The van der Waals surface area contributed by atoms with Crippen LogP contribution in [0.15, 0.2) is 0 Å². The number of nitrogens with one attached hydrogen (secondary N) is 1. The van der Waals surface area contributed by atoms with Gasteiger partial charge in [-0.15, -0.1) is 0 Å². The highest BCUT2D eigenvalue weighted by Crippen LogP contribution is 2.16. The summed E-state index contributed by atoms with van der Waals surface area (Å²) >= 11 is 0. The zero-order valence-corrected chi connectivity index (χ0v) is 10.7. The Labute approximate surface area is 99.8 Å². The molecule has 1 aliphatic heterocycles. The average Bonchev–Trinajstić information content (AvgIpc) is 2.31. The molecule has 0 aliphatic carbocycles. The van der Waals surface area contributed by atoms with Gasteiger partial charge in [0.05, 0.1) is 12.1 Å². The summed E-state index contributed by atoms with van der Waals surface area (Å²) in [5, 5.41) is 12.3. The molecule has 0 amide bonds. The molecule has 16 heavy (non-hydrogen) atoms. The van der Waals surface area contributed by atoms with Crippen LogP contribution in [0.5, 0.6) is 0 Å². The van der Waals surface area contributed by atoms with Gasteiger partial charge in [-0.25, -0.2) is 0 Å². The number of likely N-dealkylation sites (tertiary alicyclic amines) is 1. The molecule has 1 fully saturated rings. The number of piperidine rings is 1. The molecule has 3 nitrogen and oxygen atoms in total. The maximum Gasteiger partial charge on any atom is 0.0965 e. The van der Waals surface area contributed by atoms with Crippen molar-refractivity contribution in [1.29, 1.82) is 5.26 Å². The topological polar surface area (TPSA) is 39.1 Å². The second kappa shape index (κ2) is 7.65. The van der Waals surface area contributed by atoms with Crippen LogP contribution in [0.25, 0.3) is 0 Å². The normalized spacial score (nSPS) is 23.9. The second-order valence-electron chi connectivity index (χ2n) is 4.81. The van der Waals surface area contributed by atoms with E-state index in [9.17, 15) is 0 Å².